The Morgan fingerprint density at radius 1 is 1.86 bits per heavy atom. The molecule has 7 heavy (non-hydrogen) atoms. The minimum atomic E-state index is -1.19. The number of rotatable bonds is 3. The van der Waals surface area contributed by atoms with E-state index < -0.39 is 14.5 Å². The predicted octanol–water partition coefficient (Wildman–Crippen LogP) is 0.636. The Hall–Kier alpha value is 0.503. The average Bonchev–Trinajstić information content (AvgIpc) is 1.68. The van der Waals surface area contributed by atoms with Gasteiger partial charge in [-0.05, 0) is 0 Å². The molecule has 0 spiro atoms. The van der Waals surface area contributed by atoms with Gasteiger partial charge in [-0.15, -0.1) is 0 Å². The van der Waals surface area contributed by atoms with Gasteiger partial charge in [0, 0.05) is 0 Å². The van der Waals surface area contributed by atoms with E-state index in [1.165, 1.54) is 0 Å². The average molecular weight is 181 g/mol. The number of carbonyl (C=O) groups is 1. The molecule has 0 rings (SSSR count). The van der Waals surface area contributed by atoms with Crippen LogP contribution in [0.15, 0.2) is 0 Å². The molecule has 3 heteroatoms. The second-order valence-corrected chi connectivity index (χ2v) is 5.03. The van der Waals surface area contributed by atoms with Gasteiger partial charge in [0.2, 0.25) is 0 Å². The second kappa shape index (κ2) is 4.66. The van der Waals surface area contributed by atoms with Gasteiger partial charge in [0.15, 0.2) is 0 Å². The van der Waals surface area contributed by atoms with Crippen molar-refractivity contribution in [3.63, 3.8) is 0 Å². The molecule has 0 aromatic rings. The van der Waals surface area contributed by atoms with Crippen LogP contribution < -0.4 is 0 Å². The molecule has 0 aliphatic heterocycles. The van der Waals surface area contributed by atoms with Gasteiger partial charge < -0.3 is 0 Å². The molecule has 0 unspecified atom stereocenters. The Balaban J connectivity index is 3.00. The van der Waals surface area contributed by atoms with Gasteiger partial charge in [-0.25, -0.2) is 0 Å². The van der Waals surface area contributed by atoms with Crippen LogP contribution in [0.1, 0.15) is 19.8 Å². The molecule has 0 saturated carbocycles. The summed E-state index contributed by atoms with van der Waals surface area (Å²) in [5, 5.41) is 0. The Morgan fingerprint density at radius 2 is 2.43 bits per heavy atom. The Morgan fingerprint density at radius 3 is 2.57 bits per heavy atom. The molecule has 0 bridgehead atoms. The summed E-state index contributed by atoms with van der Waals surface area (Å²) < 4.78 is 0.330. The molecule has 0 aromatic carbocycles. The topological polar surface area (TPSA) is 17.1 Å². The van der Waals surface area contributed by atoms with E-state index in [4.69, 9.17) is 10.0 Å². The number of hydrogen-bond acceptors (Lipinski definition) is 1. The molecule has 0 N–H and O–H groups in total. The van der Waals surface area contributed by atoms with Gasteiger partial charge in [-0.1, -0.05) is 0 Å². The van der Waals surface area contributed by atoms with Crippen LogP contribution in [0, 0.1) is 0 Å². The van der Waals surface area contributed by atoms with Crippen molar-refractivity contribution in [2.45, 2.75) is 19.8 Å². The van der Waals surface area contributed by atoms with Crippen molar-refractivity contribution in [3.8, 4) is 0 Å². The van der Waals surface area contributed by atoms with Gasteiger partial charge in [0.05, 0.1) is 0 Å². The summed E-state index contributed by atoms with van der Waals surface area (Å²) in [5.74, 6) is 0. The van der Waals surface area contributed by atoms with Crippen molar-refractivity contribution in [1.29, 1.82) is 0 Å². The fraction of sp³-hybridized carbons (Fsp3) is 0.750. The summed E-state index contributed by atoms with van der Waals surface area (Å²) in [5.41, 5.74) is 0. The van der Waals surface area contributed by atoms with Crippen molar-refractivity contribution in [3.05, 3.63) is 0 Å². The summed E-state index contributed by atoms with van der Waals surface area (Å²) in [6.45, 7) is 1.99. The van der Waals surface area contributed by atoms with E-state index in [2.05, 4.69) is 0 Å². The monoisotopic (exact) mass is 182 g/mol. The minimum absolute atomic E-state index is 0.330. The zero-order valence-corrected chi connectivity index (χ0v) is 8.13. The number of hydrogen-bond donors (Lipinski definition) is 0. The first kappa shape index (κ1) is 7.50. The molecule has 0 saturated heterocycles. The third kappa shape index (κ3) is 4.35. The number of halogens is 1. The summed E-state index contributed by atoms with van der Waals surface area (Å²) >= 11 is -1.19. The van der Waals surface area contributed by atoms with Crippen LogP contribution in [0.25, 0.3) is 0 Å². The van der Waals surface area contributed by atoms with Crippen molar-refractivity contribution in [2.75, 3.05) is 0 Å². The van der Waals surface area contributed by atoms with Crippen LogP contribution in [0.2, 0.25) is 0 Å². The van der Waals surface area contributed by atoms with E-state index in [0.717, 1.165) is 6.42 Å². The van der Waals surface area contributed by atoms with Crippen LogP contribution in [0.5, 0.6) is 0 Å². The van der Waals surface area contributed by atoms with Crippen LogP contribution >= 0.6 is 10.0 Å². The standard InChI is InChI=1S/C4H9ClGeO/c1-2-3-4(7)6-5/h2-3,6H2,1H3. The first-order chi connectivity index (χ1) is 3.31. The first-order valence-corrected chi connectivity index (χ1v) is 7.77. The third-order valence-electron chi connectivity index (χ3n) is 0.678. The first-order valence-electron chi connectivity index (χ1n) is 2.39. The molecular formula is C4H9ClGeO. The molecule has 0 fully saturated rings. The molecule has 1 nitrogen and oxygen atoms in total. The van der Waals surface area contributed by atoms with Crippen molar-refractivity contribution < 1.29 is 4.79 Å². The zero-order chi connectivity index (χ0) is 5.70. The summed E-state index contributed by atoms with van der Waals surface area (Å²) in [6.07, 6.45) is 1.67. The third-order valence-corrected chi connectivity index (χ3v) is 3.59. The molecule has 0 atom stereocenters. The zero-order valence-electron chi connectivity index (χ0n) is 4.41. The van der Waals surface area contributed by atoms with Gasteiger partial charge in [0.25, 0.3) is 0 Å². The van der Waals surface area contributed by atoms with E-state index in [9.17, 15) is 4.79 Å². The maximum atomic E-state index is 10.4. The van der Waals surface area contributed by atoms with E-state index in [1.807, 2.05) is 6.92 Å². The van der Waals surface area contributed by atoms with Crippen LogP contribution in [-0.4, -0.2) is 19.1 Å². The number of carbonyl (C=O) groups excluding carboxylic acids is 1. The fourth-order valence-electron chi connectivity index (χ4n) is 0.346. The van der Waals surface area contributed by atoms with E-state index in [0.29, 0.717) is 11.0 Å². The van der Waals surface area contributed by atoms with E-state index in [1.54, 1.807) is 0 Å². The summed E-state index contributed by atoms with van der Waals surface area (Å²) in [7, 11) is 5.37. The van der Waals surface area contributed by atoms with Crippen molar-refractivity contribution >= 4 is 29.1 Å². The molecular weight excluding hydrogens is 172 g/mol. The SMILES string of the molecule is CCC[C](=O)[GeH2][Cl]. The normalized spacial score (nSPS) is 10.6. The molecule has 0 radical (unpaired) electrons. The van der Waals surface area contributed by atoms with Crippen LogP contribution in [0.3, 0.4) is 0 Å². The Labute approximate surface area is 54.1 Å². The van der Waals surface area contributed by atoms with Crippen LogP contribution in [-0.2, 0) is 4.79 Å². The van der Waals surface area contributed by atoms with E-state index in [-0.39, 0.29) is 0 Å². The molecule has 42 valence electrons. The van der Waals surface area contributed by atoms with Gasteiger partial charge in [0.1, 0.15) is 0 Å². The molecule has 0 amide bonds. The maximum absolute atomic E-state index is 10.4. The summed E-state index contributed by atoms with van der Waals surface area (Å²) in [6, 6.07) is 0. The van der Waals surface area contributed by atoms with Gasteiger partial charge in [-0.2, -0.15) is 0 Å². The van der Waals surface area contributed by atoms with Crippen LogP contribution in [0.4, 0.5) is 0 Å². The fourth-order valence-corrected chi connectivity index (χ4v) is 2.06. The van der Waals surface area contributed by atoms with Crippen molar-refractivity contribution in [2.24, 2.45) is 0 Å². The van der Waals surface area contributed by atoms with E-state index >= 15 is 0 Å². The predicted molar refractivity (Wildman–Crippen MR) is 34.3 cm³/mol. The molecule has 0 aromatic heterocycles. The molecule has 0 aliphatic carbocycles. The van der Waals surface area contributed by atoms with Gasteiger partial charge >= 0.3 is 53.7 Å². The van der Waals surface area contributed by atoms with Crippen molar-refractivity contribution in [1.82, 2.24) is 0 Å². The Bertz CT molecular complexity index is 64.7. The quantitative estimate of drug-likeness (QED) is 0.584. The summed E-state index contributed by atoms with van der Waals surface area (Å²) in [4.78, 5) is 10.4. The molecule has 0 heterocycles. The van der Waals surface area contributed by atoms with Gasteiger partial charge in [-0.3, -0.25) is 0 Å². The second-order valence-electron chi connectivity index (χ2n) is 1.42. The Kier molecular flexibility index (Phi) is 4.99. The molecule has 0 aliphatic rings.